The van der Waals surface area contributed by atoms with Crippen LogP contribution in [-0.2, 0) is 6.54 Å². The largest absolute Gasteiger partial charge is 0.493 e. The minimum absolute atomic E-state index is 0.0454. The van der Waals surface area contributed by atoms with Gasteiger partial charge in [-0.3, -0.25) is 9.69 Å². The first kappa shape index (κ1) is 27.6. The van der Waals surface area contributed by atoms with Gasteiger partial charge in [0.2, 0.25) is 5.75 Å². The second kappa shape index (κ2) is 11.3. The molecule has 214 valence electrons. The first-order chi connectivity index (χ1) is 19.2. The van der Waals surface area contributed by atoms with E-state index in [4.69, 9.17) is 14.2 Å². The van der Waals surface area contributed by atoms with Crippen LogP contribution in [0.1, 0.15) is 40.0 Å². The molecule has 0 radical (unpaired) electrons. The highest BCUT2D eigenvalue weighted by Crippen LogP contribution is 2.47. The van der Waals surface area contributed by atoms with Gasteiger partial charge in [-0.25, -0.2) is 4.68 Å². The molecular formula is C28H32F3N5O4. The van der Waals surface area contributed by atoms with Crippen LogP contribution in [-0.4, -0.2) is 79.2 Å². The summed E-state index contributed by atoms with van der Waals surface area (Å²) in [4.78, 5) is 17.5. The summed E-state index contributed by atoms with van der Waals surface area (Å²) in [7, 11) is 4.34. The molecule has 40 heavy (non-hydrogen) atoms. The molecule has 0 saturated carbocycles. The molecule has 1 saturated heterocycles. The van der Waals surface area contributed by atoms with E-state index in [1.807, 2.05) is 18.2 Å². The van der Waals surface area contributed by atoms with Crippen molar-refractivity contribution in [1.29, 1.82) is 0 Å². The maximum absolute atomic E-state index is 14.2. The van der Waals surface area contributed by atoms with Gasteiger partial charge in [-0.2, -0.15) is 18.3 Å². The van der Waals surface area contributed by atoms with E-state index in [1.54, 1.807) is 17.0 Å². The number of rotatable bonds is 7. The fourth-order valence-electron chi connectivity index (χ4n) is 5.36. The summed E-state index contributed by atoms with van der Waals surface area (Å²) in [6.07, 6.45) is -3.68. The topological polar surface area (TPSA) is 81.1 Å². The Kier molecular flexibility index (Phi) is 7.79. The number of ether oxygens (including phenoxy) is 3. The van der Waals surface area contributed by atoms with E-state index in [2.05, 4.69) is 27.4 Å². The number of carbonyl (C=O) groups is 1. The number of hydrogen-bond donors (Lipinski definition) is 1. The molecule has 1 amide bonds. The lowest BCUT2D eigenvalue weighted by molar-refractivity contribution is -0.173. The first-order valence-electron chi connectivity index (χ1n) is 13.0. The number of piperazine rings is 1. The summed E-state index contributed by atoms with van der Waals surface area (Å²) in [5.74, 6) is 0.685. The zero-order valence-corrected chi connectivity index (χ0v) is 22.6. The van der Waals surface area contributed by atoms with Crippen molar-refractivity contribution >= 4 is 11.7 Å². The summed E-state index contributed by atoms with van der Waals surface area (Å²) < 4.78 is 59.8. The van der Waals surface area contributed by atoms with E-state index < -0.39 is 18.3 Å². The van der Waals surface area contributed by atoms with Crippen molar-refractivity contribution < 1.29 is 32.2 Å². The lowest BCUT2D eigenvalue weighted by Crippen LogP contribution is -2.48. The second-order valence-electron chi connectivity index (χ2n) is 9.85. The molecule has 1 fully saturated rings. The highest BCUT2D eigenvalue weighted by atomic mass is 19.4. The van der Waals surface area contributed by atoms with Crippen LogP contribution in [0.5, 0.6) is 17.2 Å². The molecule has 2 aromatic carbocycles. The molecule has 0 unspecified atom stereocenters. The van der Waals surface area contributed by atoms with Crippen molar-refractivity contribution in [3.63, 3.8) is 0 Å². The monoisotopic (exact) mass is 559 g/mol. The third-order valence-electron chi connectivity index (χ3n) is 7.47. The highest BCUT2D eigenvalue weighted by molar-refractivity contribution is 5.99. The first-order valence-corrected chi connectivity index (χ1v) is 13.0. The van der Waals surface area contributed by atoms with E-state index in [1.165, 1.54) is 33.1 Å². The number of hydrogen-bond acceptors (Lipinski definition) is 7. The van der Waals surface area contributed by atoms with Crippen molar-refractivity contribution in [3.8, 4) is 17.2 Å². The number of halogens is 3. The number of carbonyl (C=O) groups excluding carboxylic acids is 1. The standard InChI is InChI=1S/C28H32F3N5O4/c1-38-22-13-19(14-23(39-2)25(22)40-3)21-15-24(28(29,30)31)36-26(33-21)20(16-32-36)27(37)35-11-9-34(10-12-35)17-18-7-5-4-6-8-18/h4-8,13-14,16,21,24,33H,9-12,15,17H2,1-3H3/t21-,24-/m0/s1. The summed E-state index contributed by atoms with van der Waals surface area (Å²) in [5, 5.41) is 7.18. The van der Waals surface area contributed by atoms with Gasteiger partial charge < -0.3 is 24.4 Å². The molecule has 3 aromatic rings. The Bertz CT molecular complexity index is 1310. The van der Waals surface area contributed by atoms with E-state index in [0.717, 1.165) is 11.2 Å². The van der Waals surface area contributed by atoms with Crippen LogP contribution in [0.25, 0.3) is 0 Å². The Morgan fingerprint density at radius 2 is 1.65 bits per heavy atom. The van der Waals surface area contributed by atoms with Gasteiger partial charge in [-0.15, -0.1) is 0 Å². The lowest BCUT2D eigenvalue weighted by atomic mass is 9.95. The SMILES string of the molecule is COc1cc([C@@H]2C[C@@H](C(F)(F)F)n3ncc(C(=O)N4CCN(Cc5ccccc5)CC4)c3N2)cc(OC)c1OC. The van der Waals surface area contributed by atoms with Crippen molar-refractivity contribution in [2.45, 2.75) is 31.2 Å². The van der Waals surface area contributed by atoms with Gasteiger partial charge >= 0.3 is 6.18 Å². The zero-order chi connectivity index (χ0) is 28.4. The van der Waals surface area contributed by atoms with Gasteiger partial charge in [0.15, 0.2) is 17.5 Å². The van der Waals surface area contributed by atoms with Crippen LogP contribution in [0.15, 0.2) is 48.7 Å². The van der Waals surface area contributed by atoms with Crippen LogP contribution in [0.4, 0.5) is 19.0 Å². The molecule has 3 heterocycles. The van der Waals surface area contributed by atoms with Crippen molar-refractivity contribution in [2.24, 2.45) is 0 Å². The Morgan fingerprint density at radius 3 is 2.23 bits per heavy atom. The summed E-state index contributed by atoms with van der Waals surface area (Å²) in [6.45, 7) is 3.04. The number of nitrogens with zero attached hydrogens (tertiary/aromatic N) is 4. The minimum Gasteiger partial charge on any atom is -0.493 e. The smallest absolute Gasteiger partial charge is 0.410 e. The molecule has 2 aliphatic rings. The van der Waals surface area contributed by atoms with Gasteiger partial charge in [-0.05, 0) is 23.3 Å². The van der Waals surface area contributed by atoms with E-state index in [9.17, 15) is 18.0 Å². The van der Waals surface area contributed by atoms with Crippen LogP contribution >= 0.6 is 0 Å². The number of amides is 1. The van der Waals surface area contributed by atoms with E-state index >= 15 is 0 Å². The molecule has 2 atom stereocenters. The number of nitrogens with one attached hydrogen (secondary N) is 1. The third kappa shape index (κ3) is 5.40. The van der Waals surface area contributed by atoms with Crippen molar-refractivity contribution in [1.82, 2.24) is 19.6 Å². The van der Waals surface area contributed by atoms with Crippen LogP contribution in [0.3, 0.4) is 0 Å². The molecule has 2 aliphatic heterocycles. The Balaban J connectivity index is 1.39. The second-order valence-corrected chi connectivity index (χ2v) is 9.85. The third-order valence-corrected chi connectivity index (χ3v) is 7.47. The molecule has 0 bridgehead atoms. The van der Waals surface area contributed by atoms with Crippen molar-refractivity contribution in [2.75, 3.05) is 52.8 Å². The Morgan fingerprint density at radius 1 is 1.00 bits per heavy atom. The fraction of sp³-hybridized carbons (Fsp3) is 0.429. The van der Waals surface area contributed by atoms with E-state index in [0.29, 0.717) is 49.0 Å². The number of benzene rings is 2. The maximum Gasteiger partial charge on any atom is 0.410 e. The average Bonchev–Trinajstić information content (AvgIpc) is 3.39. The van der Waals surface area contributed by atoms with Crippen molar-refractivity contribution in [3.05, 3.63) is 65.4 Å². The lowest BCUT2D eigenvalue weighted by Gasteiger charge is -2.36. The minimum atomic E-state index is -4.58. The van der Waals surface area contributed by atoms with Gasteiger partial charge in [0.25, 0.3) is 5.91 Å². The number of fused-ring (bicyclic) bond motifs is 1. The summed E-state index contributed by atoms with van der Waals surface area (Å²) in [6, 6.07) is 10.6. The van der Waals surface area contributed by atoms with Gasteiger partial charge in [0.1, 0.15) is 11.4 Å². The highest BCUT2D eigenvalue weighted by Gasteiger charge is 2.47. The quantitative estimate of drug-likeness (QED) is 0.456. The number of anilines is 1. The zero-order valence-electron chi connectivity index (χ0n) is 22.6. The van der Waals surface area contributed by atoms with Crippen LogP contribution in [0, 0.1) is 0 Å². The molecule has 9 nitrogen and oxygen atoms in total. The maximum atomic E-state index is 14.2. The predicted molar refractivity (Wildman–Crippen MR) is 142 cm³/mol. The van der Waals surface area contributed by atoms with Gasteiger partial charge in [-0.1, -0.05) is 30.3 Å². The van der Waals surface area contributed by atoms with Crippen LogP contribution in [0.2, 0.25) is 0 Å². The van der Waals surface area contributed by atoms with E-state index in [-0.39, 0.29) is 23.7 Å². The molecule has 1 aromatic heterocycles. The number of aromatic nitrogens is 2. The summed E-state index contributed by atoms with van der Waals surface area (Å²) >= 11 is 0. The number of methoxy groups -OCH3 is 3. The Hall–Kier alpha value is -3.93. The average molecular weight is 560 g/mol. The summed E-state index contributed by atoms with van der Waals surface area (Å²) in [5.41, 5.74) is 1.81. The Labute approximate surface area is 230 Å². The predicted octanol–water partition coefficient (Wildman–Crippen LogP) is 4.53. The molecule has 0 spiro atoms. The number of alkyl halides is 3. The molecule has 5 rings (SSSR count). The van der Waals surface area contributed by atoms with Gasteiger partial charge in [0, 0.05) is 39.1 Å². The van der Waals surface area contributed by atoms with Gasteiger partial charge in [0.05, 0.1) is 33.6 Å². The molecule has 1 N–H and O–H groups in total. The normalized spacial score (nSPS) is 19.5. The fourth-order valence-corrected chi connectivity index (χ4v) is 5.36. The molecule has 0 aliphatic carbocycles. The van der Waals surface area contributed by atoms with Crippen LogP contribution < -0.4 is 19.5 Å². The molecule has 12 heteroatoms. The molecular weight excluding hydrogens is 527 g/mol.